The van der Waals surface area contributed by atoms with Gasteiger partial charge in [0.15, 0.2) is 11.5 Å². The van der Waals surface area contributed by atoms with Crippen molar-refractivity contribution in [2.24, 2.45) is 11.8 Å². The fraction of sp³-hybridized carbons (Fsp3) is 0.562. The van der Waals surface area contributed by atoms with E-state index in [-0.39, 0.29) is 36.6 Å². The lowest BCUT2D eigenvalue weighted by molar-refractivity contribution is 0.197. The van der Waals surface area contributed by atoms with Crippen LogP contribution < -0.4 is 10.6 Å². The third-order valence-electron chi connectivity index (χ3n) is 4.07. The molecule has 0 bridgehead atoms. The van der Waals surface area contributed by atoms with E-state index in [9.17, 15) is 4.79 Å². The van der Waals surface area contributed by atoms with E-state index in [2.05, 4.69) is 20.8 Å². The molecule has 23 heavy (non-hydrogen) atoms. The summed E-state index contributed by atoms with van der Waals surface area (Å²) in [4.78, 5) is 12.3. The number of hydrogen-bond donors (Lipinski definition) is 3. The van der Waals surface area contributed by atoms with Gasteiger partial charge in [-0.05, 0) is 30.9 Å². The number of hydrogen-bond acceptors (Lipinski definition) is 4. The fourth-order valence-corrected chi connectivity index (χ4v) is 2.29. The monoisotopic (exact) mass is 319 g/mol. The molecule has 2 amide bonds. The molecule has 7 nitrogen and oxygen atoms in total. The van der Waals surface area contributed by atoms with Crippen molar-refractivity contribution in [1.29, 1.82) is 0 Å². The molecule has 2 rings (SSSR count). The highest BCUT2D eigenvalue weighted by atomic mass is 16.3. The normalized spacial score (nSPS) is 15.4. The van der Waals surface area contributed by atoms with Gasteiger partial charge in [-0.2, -0.15) is 0 Å². The SMILES string of the molecule is CC(C)C(NC(=O)NC(C)C(C)CO)c1nnc2ccccn12. The van der Waals surface area contributed by atoms with Gasteiger partial charge in [0.25, 0.3) is 0 Å². The zero-order chi connectivity index (χ0) is 17.0. The van der Waals surface area contributed by atoms with Crippen LogP contribution in [0.4, 0.5) is 4.79 Å². The van der Waals surface area contributed by atoms with Gasteiger partial charge in [-0.15, -0.1) is 10.2 Å². The van der Waals surface area contributed by atoms with Gasteiger partial charge in [-0.25, -0.2) is 4.79 Å². The van der Waals surface area contributed by atoms with Crippen molar-refractivity contribution >= 4 is 11.7 Å². The quantitative estimate of drug-likeness (QED) is 0.756. The summed E-state index contributed by atoms with van der Waals surface area (Å²) in [5, 5.41) is 23.4. The Bertz CT molecular complexity index is 655. The summed E-state index contributed by atoms with van der Waals surface area (Å²) in [6, 6.07) is 5.02. The van der Waals surface area contributed by atoms with Crippen LogP contribution in [0.15, 0.2) is 24.4 Å². The van der Waals surface area contributed by atoms with Gasteiger partial charge in [0, 0.05) is 18.8 Å². The number of pyridine rings is 1. The minimum atomic E-state index is -0.274. The van der Waals surface area contributed by atoms with E-state index in [0.717, 1.165) is 5.65 Å². The van der Waals surface area contributed by atoms with Gasteiger partial charge in [-0.3, -0.25) is 4.40 Å². The van der Waals surface area contributed by atoms with E-state index in [1.54, 1.807) is 0 Å². The number of rotatable bonds is 6. The van der Waals surface area contributed by atoms with E-state index in [0.29, 0.717) is 5.82 Å². The molecule has 0 saturated heterocycles. The Morgan fingerprint density at radius 3 is 2.61 bits per heavy atom. The van der Waals surface area contributed by atoms with Crippen molar-refractivity contribution in [2.75, 3.05) is 6.61 Å². The van der Waals surface area contributed by atoms with Crippen molar-refractivity contribution in [2.45, 2.75) is 39.8 Å². The Balaban J connectivity index is 2.15. The van der Waals surface area contributed by atoms with E-state index in [1.165, 1.54) is 0 Å². The maximum Gasteiger partial charge on any atom is 0.315 e. The first-order chi connectivity index (χ1) is 10.9. The smallest absolute Gasteiger partial charge is 0.315 e. The molecular weight excluding hydrogens is 294 g/mol. The van der Waals surface area contributed by atoms with E-state index >= 15 is 0 Å². The molecule has 2 heterocycles. The average Bonchev–Trinajstić information content (AvgIpc) is 2.95. The van der Waals surface area contributed by atoms with Crippen molar-refractivity contribution in [3.63, 3.8) is 0 Å². The van der Waals surface area contributed by atoms with Crippen molar-refractivity contribution in [3.05, 3.63) is 30.2 Å². The first kappa shape index (κ1) is 17.2. The number of urea groups is 1. The second-order valence-electron chi connectivity index (χ2n) is 6.28. The molecule has 3 N–H and O–H groups in total. The highest BCUT2D eigenvalue weighted by Gasteiger charge is 2.24. The van der Waals surface area contributed by atoms with Gasteiger partial charge in [0.1, 0.15) is 0 Å². The third kappa shape index (κ3) is 3.98. The number of carbonyl (C=O) groups is 1. The number of aliphatic hydroxyl groups is 1. The molecule has 0 aliphatic heterocycles. The largest absolute Gasteiger partial charge is 0.396 e. The summed E-state index contributed by atoms with van der Waals surface area (Å²) in [5.74, 6) is 0.847. The summed E-state index contributed by atoms with van der Waals surface area (Å²) in [6.07, 6.45) is 1.89. The van der Waals surface area contributed by atoms with Crippen LogP contribution in [0.25, 0.3) is 5.65 Å². The first-order valence-corrected chi connectivity index (χ1v) is 7.91. The maximum atomic E-state index is 12.3. The minimum Gasteiger partial charge on any atom is -0.396 e. The summed E-state index contributed by atoms with van der Waals surface area (Å²) in [7, 11) is 0. The van der Waals surface area contributed by atoms with Crippen molar-refractivity contribution in [3.8, 4) is 0 Å². The van der Waals surface area contributed by atoms with Crippen LogP contribution in [0.3, 0.4) is 0 Å². The van der Waals surface area contributed by atoms with E-state index < -0.39 is 0 Å². The van der Waals surface area contributed by atoms with Crippen LogP contribution in [-0.2, 0) is 0 Å². The number of nitrogens with zero attached hydrogens (tertiary/aromatic N) is 3. The molecule has 2 aromatic rings. The second-order valence-corrected chi connectivity index (χ2v) is 6.28. The van der Waals surface area contributed by atoms with Crippen LogP contribution in [0.1, 0.15) is 39.6 Å². The third-order valence-corrected chi connectivity index (χ3v) is 4.07. The van der Waals surface area contributed by atoms with E-state index in [1.807, 2.05) is 56.5 Å². The van der Waals surface area contributed by atoms with Crippen LogP contribution in [0.2, 0.25) is 0 Å². The molecule has 0 radical (unpaired) electrons. The number of nitrogens with one attached hydrogen (secondary N) is 2. The molecule has 0 spiro atoms. The molecule has 0 saturated carbocycles. The predicted octanol–water partition coefficient (Wildman–Crippen LogP) is 1.74. The fourth-order valence-electron chi connectivity index (χ4n) is 2.29. The molecule has 0 fully saturated rings. The molecule has 0 aliphatic rings. The second kappa shape index (κ2) is 7.41. The number of amides is 2. The Hall–Kier alpha value is -2.15. The summed E-state index contributed by atoms with van der Waals surface area (Å²) in [6.45, 7) is 7.83. The molecular formula is C16H25N5O2. The standard InChI is InChI=1S/C16H25N5O2/c1-10(2)14(18-16(23)17-12(4)11(3)9-22)15-20-19-13-7-5-6-8-21(13)15/h5-8,10-12,14,22H,9H2,1-4H3,(H2,17,18,23). The summed E-state index contributed by atoms with van der Waals surface area (Å²) < 4.78 is 1.88. The Morgan fingerprint density at radius 2 is 1.96 bits per heavy atom. The van der Waals surface area contributed by atoms with Crippen LogP contribution in [0.5, 0.6) is 0 Å². The van der Waals surface area contributed by atoms with Gasteiger partial charge in [0.2, 0.25) is 0 Å². The van der Waals surface area contributed by atoms with Gasteiger partial charge in [0.05, 0.1) is 6.04 Å². The molecule has 2 aromatic heterocycles. The zero-order valence-corrected chi connectivity index (χ0v) is 14.0. The summed E-state index contributed by atoms with van der Waals surface area (Å²) >= 11 is 0. The number of fused-ring (bicyclic) bond motifs is 1. The average molecular weight is 319 g/mol. The molecule has 0 aliphatic carbocycles. The van der Waals surface area contributed by atoms with E-state index in [4.69, 9.17) is 5.11 Å². The molecule has 7 heteroatoms. The van der Waals surface area contributed by atoms with Crippen molar-refractivity contribution < 1.29 is 9.90 Å². The summed E-state index contributed by atoms with van der Waals surface area (Å²) in [5.41, 5.74) is 0.748. The lowest BCUT2D eigenvalue weighted by Crippen LogP contribution is -2.46. The molecule has 0 aromatic carbocycles. The maximum absolute atomic E-state index is 12.3. The van der Waals surface area contributed by atoms with Gasteiger partial charge < -0.3 is 15.7 Å². The zero-order valence-electron chi connectivity index (χ0n) is 14.0. The Morgan fingerprint density at radius 1 is 1.22 bits per heavy atom. The lowest BCUT2D eigenvalue weighted by atomic mass is 10.0. The number of carbonyl (C=O) groups excluding carboxylic acids is 1. The number of aliphatic hydroxyl groups excluding tert-OH is 1. The highest BCUT2D eigenvalue weighted by molar-refractivity contribution is 5.74. The van der Waals surface area contributed by atoms with Gasteiger partial charge >= 0.3 is 6.03 Å². The van der Waals surface area contributed by atoms with Crippen LogP contribution >= 0.6 is 0 Å². The molecule has 3 atom stereocenters. The van der Waals surface area contributed by atoms with Crippen molar-refractivity contribution in [1.82, 2.24) is 25.2 Å². The highest BCUT2D eigenvalue weighted by Crippen LogP contribution is 2.20. The van der Waals surface area contributed by atoms with Crippen LogP contribution in [0, 0.1) is 11.8 Å². The molecule has 126 valence electrons. The molecule has 3 unspecified atom stereocenters. The predicted molar refractivity (Wildman–Crippen MR) is 87.9 cm³/mol. The topological polar surface area (TPSA) is 91.5 Å². The lowest BCUT2D eigenvalue weighted by Gasteiger charge is -2.24. The number of aromatic nitrogens is 3. The van der Waals surface area contributed by atoms with Gasteiger partial charge in [-0.1, -0.05) is 26.8 Å². The first-order valence-electron chi connectivity index (χ1n) is 7.91. The Kier molecular flexibility index (Phi) is 5.54. The minimum absolute atomic E-state index is 0.00725. The van der Waals surface area contributed by atoms with Crippen LogP contribution in [-0.4, -0.2) is 38.4 Å². The Labute approximate surface area is 136 Å².